The first-order chi connectivity index (χ1) is 9.22. The number of nitrogens with one attached hydrogen (secondary N) is 2. The Balaban J connectivity index is 1.93. The minimum atomic E-state index is -0.0536. The van der Waals surface area contributed by atoms with E-state index in [4.69, 9.17) is 4.74 Å². The van der Waals surface area contributed by atoms with E-state index in [1.165, 1.54) is 12.8 Å². The summed E-state index contributed by atoms with van der Waals surface area (Å²) in [4.78, 5) is 11.3. The van der Waals surface area contributed by atoms with Gasteiger partial charge in [-0.25, -0.2) is 0 Å². The largest absolute Gasteiger partial charge is 0.379 e. The standard InChI is InChI=1S/C13H22N4O2/c1-14-13(18)9-17-8-10(7-15-17)16-11-5-3-4-6-12(11)19-2/h7-8,11-12,16H,3-6,9H2,1-2H3,(H,14,18). The minimum absolute atomic E-state index is 0.0536. The molecule has 6 heteroatoms. The second-order valence-electron chi connectivity index (χ2n) is 4.91. The quantitative estimate of drug-likeness (QED) is 0.834. The molecule has 2 unspecified atom stereocenters. The van der Waals surface area contributed by atoms with Gasteiger partial charge in [0.15, 0.2) is 0 Å². The summed E-state index contributed by atoms with van der Waals surface area (Å²) in [6.07, 6.45) is 8.54. The fourth-order valence-electron chi connectivity index (χ4n) is 2.51. The van der Waals surface area contributed by atoms with E-state index >= 15 is 0 Å². The number of likely N-dealkylation sites (N-methyl/N-ethyl adjacent to an activating group) is 1. The summed E-state index contributed by atoms with van der Waals surface area (Å²) < 4.78 is 7.14. The first-order valence-electron chi connectivity index (χ1n) is 6.75. The number of carbonyl (C=O) groups excluding carboxylic acids is 1. The first kappa shape index (κ1) is 13.9. The van der Waals surface area contributed by atoms with Gasteiger partial charge in [0.05, 0.1) is 24.0 Å². The Morgan fingerprint density at radius 3 is 3.05 bits per heavy atom. The van der Waals surface area contributed by atoms with E-state index < -0.39 is 0 Å². The van der Waals surface area contributed by atoms with E-state index in [-0.39, 0.29) is 18.6 Å². The highest BCUT2D eigenvalue weighted by Gasteiger charge is 2.24. The van der Waals surface area contributed by atoms with Crippen molar-refractivity contribution in [1.29, 1.82) is 0 Å². The summed E-state index contributed by atoms with van der Waals surface area (Å²) in [5.74, 6) is -0.0536. The number of carbonyl (C=O) groups is 1. The SMILES string of the molecule is CNC(=O)Cn1cc(NC2CCCCC2OC)cn1. The van der Waals surface area contributed by atoms with Gasteiger partial charge in [-0.05, 0) is 12.8 Å². The van der Waals surface area contributed by atoms with Gasteiger partial charge in [-0.15, -0.1) is 0 Å². The Hall–Kier alpha value is -1.56. The van der Waals surface area contributed by atoms with Gasteiger partial charge in [0.1, 0.15) is 6.54 Å². The van der Waals surface area contributed by atoms with Crippen LogP contribution in [-0.4, -0.2) is 42.0 Å². The van der Waals surface area contributed by atoms with Crippen molar-refractivity contribution >= 4 is 11.6 Å². The molecular formula is C13H22N4O2. The van der Waals surface area contributed by atoms with Gasteiger partial charge in [-0.2, -0.15) is 5.10 Å². The first-order valence-corrected chi connectivity index (χ1v) is 6.75. The molecule has 2 rings (SSSR count). The van der Waals surface area contributed by atoms with Crippen molar-refractivity contribution in [3.63, 3.8) is 0 Å². The van der Waals surface area contributed by atoms with Gasteiger partial charge in [0.25, 0.3) is 0 Å². The van der Waals surface area contributed by atoms with Crippen molar-refractivity contribution in [1.82, 2.24) is 15.1 Å². The van der Waals surface area contributed by atoms with Crippen LogP contribution in [0, 0.1) is 0 Å². The van der Waals surface area contributed by atoms with Crippen molar-refractivity contribution in [3.8, 4) is 0 Å². The van der Waals surface area contributed by atoms with Crippen LogP contribution in [0.25, 0.3) is 0 Å². The summed E-state index contributed by atoms with van der Waals surface area (Å²) in [6, 6.07) is 0.330. The smallest absolute Gasteiger partial charge is 0.241 e. The molecule has 0 radical (unpaired) electrons. The maximum atomic E-state index is 11.3. The summed E-state index contributed by atoms with van der Waals surface area (Å²) in [5, 5.41) is 10.2. The van der Waals surface area contributed by atoms with Crippen LogP contribution in [0.2, 0.25) is 0 Å². The molecule has 2 N–H and O–H groups in total. The normalized spacial score (nSPS) is 23.1. The fourth-order valence-corrected chi connectivity index (χ4v) is 2.51. The van der Waals surface area contributed by atoms with Gasteiger partial charge in [0, 0.05) is 20.4 Å². The van der Waals surface area contributed by atoms with Gasteiger partial charge in [0.2, 0.25) is 5.91 Å². The van der Waals surface area contributed by atoms with Crippen molar-refractivity contribution in [2.75, 3.05) is 19.5 Å². The average molecular weight is 266 g/mol. The van der Waals surface area contributed by atoms with Crippen molar-refractivity contribution in [3.05, 3.63) is 12.4 Å². The van der Waals surface area contributed by atoms with E-state index in [1.54, 1.807) is 25.0 Å². The molecule has 0 bridgehead atoms. The number of anilines is 1. The molecule has 0 saturated heterocycles. The van der Waals surface area contributed by atoms with E-state index in [2.05, 4.69) is 15.7 Å². The van der Waals surface area contributed by atoms with E-state index in [0.717, 1.165) is 18.5 Å². The van der Waals surface area contributed by atoms with Crippen LogP contribution in [0.5, 0.6) is 0 Å². The highest BCUT2D eigenvalue weighted by molar-refractivity contribution is 5.75. The zero-order chi connectivity index (χ0) is 13.7. The van der Waals surface area contributed by atoms with Gasteiger partial charge in [-0.3, -0.25) is 9.48 Å². The highest BCUT2D eigenvalue weighted by atomic mass is 16.5. The molecule has 0 spiro atoms. The lowest BCUT2D eigenvalue weighted by molar-refractivity contribution is -0.121. The molecule has 1 saturated carbocycles. The van der Waals surface area contributed by atoms with E-state index in [9.17, 15) is 4.79 Å². The van der Waals surface area contributed by atoms with Gasteiger partial charge < -0.3 is 15.4 Å². The predicted molar refractivity (Wildman–Crippen MR) is 73.0 cm³/mol. The van der Waals surface area contributed by atoms with Crippen LogP contribution in [0.4, 0.5) is 5.69 Å². The Bertz CT molecular complexity index is 419. The van der Waals surface area contributed by atoms with Crippen LogP contribution in [0.15, 0.2) is 12.4 Å². The minimum Gasteiger partial charge on any atom is -0.379 e. The Labute approximate surface area is 113 Å². The molecule has 1 fully saturated rings. The number of ether oxygens (including phenoxy) is 1. The average Bonchev–Trinajstić information content (AvgIpc) is 2.86. The molecule has 2 atom stereocenters. The molecule has 1 heterocycles. The number of hydrogen-bond donors (Lipinski definition) is 2. The van der Waals surface area contributed by atoms with Crippen LogP contribution in [0.1, 0.15) is 25.7 Å². The second-order valence-corrected chi connectivity index (χ2v) is 4.91. The van der Waals surface area contributed by atoms with Crippen molar-refractivity contribution in [2.24, 2.45) is 0 Å². The van der Waals surface area contributed by atoms with Crippen LogP contribution < -0.4 is 10.6 Å². The lowest BCUT2D eigenvalue weighted by Crippen LogP contribution is -2.37. The molecule has 6 nitrogen and oxygen atoms in total. The zero-order valence-corrected chi connectivity index (χ0v) is 11.6. The summed E-state index contributed by atoms with van der Waals surface area (Å²) in [5.41, 5.74) is 0.942. The molecule has 106 valence electrons. The molecule has 0 aliphatic heterocycles. The highest BCUT2D eigenvalue weighted by Crippen LogP contribution is 2.23. The molecule has 0 aromatic carbocycles. The maximum Gasteiger partial charge on any atom is 0.241 e. The zero-order valence-electron chi connectivity index (χ0n) is 11.6. The summed E-state index contributed by atoms with van der Waals surface area (Å²) in [6.45, 7) is 0.247. The van der Waals surface area contributed by atoms with Gasteiger partial charge >= 0.3 is 0 Å². The number of amides is 1. The Morgan fingerprint density at radius 1 is 1.53 bits per heavy atom. The molecule has 1 amide bonds. The van der Waals surface area contributed by atoms with Crippen LogP contribution in [-0.2, 0) is 16.1 Å². The molecule has 1 aliphatic carbocycles. The number of aromatic nitrogens is 2. The third-order valence-corrected chi connectivity index (χ3v) is 3.58. The predicted octanol–water partition coefficient (Wildman–Crippen LogP) is 0.999. The molecular weight excluding hydrogens is 244 g/mol. The third kappa shape index (κ3) is 3.70. The van der Waals surface area contributed by atoms with Crippen molar-refractivity contribution < 1.29 is 9.53 Å². The fraction of sp³-hybridized carbons (Fsp3) is 0.692. The lowest BCUT2D eigenvalue weighted by atomic mass is 9.92. The van der Waals surface area contributed by atoms with Gasteiger partial charge in [-0.1, -0.05) is 12.8 Å². The molecule has 1 aromatic heterocycles. The third-order valence-electron chi connectivity index (χ3n) is 3.58. The molecule has 1 aliphatic rings. The molecule has 1 aromatic rings. The van der Waals surface area contributed by atoms with Crippen LogP contribution >= 0.6 is 0 Å². The van der Waals surface area contributed by atoms with Crippen LogP contribution in [0.3, 0.4) is 0 Å². The maximum absolute atomic E-state index is 11.3. The Kier molecular flexibility index (Phi) is 4.79. The van der Waals surface area contributed by atoms with Crippen molar-refractivity contribution in [2.45, 2.75) is 44.4 Å². The monoisotopic (exact) mass is 266 g/mol. The van der Waals surface area contributed by atoms with E-state index in [0.29, 0.717) is 6.04 Å². The lowest BCUT2D eigenvalue weighted by Gasteiger charge is -2.31. The topological polar surface area (TPSA) is 68.2 Å². The second kappa shape index (κ2) is 6.56. The summed E-state index contributed by atoms with van der Waals surface area (Å²) >= 11 is 0. The Morgan fingerprint density at radius 2 is 2.32 bits per heavy atom. The summed E-state index contributed by atoms with van der Waals surface area (Å²) in [7, 11) is 3.38. The number of hydrogen-bond acceptors (Lipinski definition) is 4. The number of rotatable bonds is 5. The number of nitrogens with zero attached hydrogens (tertiary/aromatic N) is 2. The van der Waals surface area contributed by atoms with E-state index in [1.807, 2.05) is 6.20 Å². The number of methoxy groups -OCH3 is 1. The molecule has 19 heavy (non-hydrogen) atoms.